The summed E-state index contributed by atoms with van der Waals surface area (Å²) in [6.45, 7) is 14.3. The molecule has 1 unspecified atom stereocenters. The van der Waals surface area contributed by atoms with Gasteiger partial charge in [0.25, 0.3) is 0 Å². The molecule has 1 N–H and O–H groups in total. The number of hydrogen-bond donors (Lipinski definition) is 1. The maximum absolute atomic E-state index is 5.82. The van der Waals surface area contributed by atoms with Crippen LogP contribution in [0.25, 0.3) is 0 Å². The van der Waals surface area contributed by atoms with Crippen molar-refractivity contribution < 1.29 is 4.42 Å². The Hall–Kier alpha value is -1.52. The van der Waals surface area contributed by atoms with Gasteiger partial charge in [0.2, 0.25) is 5.89 Å². The molecule has 5 nitrogen and oxygen atoms in total. The van der Waals surface area contributed by atoms with Gasteiger partial charge in [0.15, 0.2) is 5.96 Å². The molecule has 1 saturated heterocycles. The van der Waals surface area contributed by atoms with Gasteiger partial charge in [-0.2, -0.15) is 0 Å². The molecule has 1 aromatic heterocycles. The Morgan fingerprint density at radius 2 is 2.27 bits per heavy atom. The molecule has 1 atom stereocenters. The minimum atomic E-state index is -0.0121. The molecule has 0 bridgehead atoms. The fourth-order valence-corrected chi connectivity index (χ4v) is 2.68. The highest BCUT2D eigenvalue weighted by Gasteiger charge is 2.21. The van der Waals surface area contributed by atoms with Crippen LogP contribution in [0.3, 0.4) is 0 Å². The van der Waals surface area contributed by atoms with Crippen LogP contribution in [-0.2, 0) is 12.0 Å². The first kappa shape index (κ1) is 16.8. The lowest BCUT2D eigenvalue weighted by Crippen LogP contribution is -2.46. The van der Waals surface area contributed by atoms with Gasteiger partial charge in [-0.15, -0.1) is 0 Å². The molecule has 1 aliphatic heterocycles. The van der Waals surface area contributed by atoms with Crippen LogP contribution in [0.4, 0.5) is 0 Å². The van der Waals surface area contributed by atoms with Crippen LogP contribution < -0.4 is 5.32 Å². The predicted octanol–water partition coefficient (Wildman–Crippen LogP) is 3.17. The molecule has 1 aromatic rings. The molecule has 0 spiro atoms. The highest BCUT2D eigenvalue weighted by molar-refractivity contribution is 5.80. The zero-order chi connectivity index (χ0) is 16.2. The lowest BCUT2D eigenvalue weighted by Gasteiger charge is -2.33. The van der Waals surface area contributed by atoms with E-state index in [1.165, 1.54) is 12.8 Å². The topological polar surface area (TPSA) is 53.7 Å². The minimum absolute atomic E-state index is 0.0121. The van der Waals surface area contributed by atoms with Crippen molar-refractivity contribution in [2.45, 2.75) is 59.4 Å². The van der Waals surface area contributed by atoms with Crippen LogP contribution in [0.2, 0.25) is 0 Å². The van der Waals surface area contributed by atoms with Crippen molar-refractivity contribution in [3.05, 3.63) is 17.8 Å². The summed E-state index contributed by atoms with van der Waals surface area (Å²) in [7, 11) is 0. The van der Waals surface area contributed by atoms with Gasteiger partial charge in [0, 0.05) is 25.0 Å². The molecule has 2 rings (SSSR count). The lowest BCUT2D eigenvalue weighted by molar-refractivity contribution is 0.265. The summed E-state index contributed by atoms with van der Waals surface area (Å²) in [5.41, 5.74) is -0.0121. The highest BCUT2D eigenvalue weighted by atomic mass is 16.4. The van der Waals surface area contributed by atoms with Crippen LogP contribution in [0, 0.1) is 5.92 Å². The Kier molecular flexibility index (Phi) is 5.48. The average molecular weight is 306 g/mol. The van der Waals surface area contributed by atoms with E-state index in [2.05, 4.69) is 49.8 Å². The number of rotatable bonds is 3. The van der Waals surface area contributed by atoms with E-state index in [4.69, 9.17) is 9.41 Å². The Labute approximate surface area is 134 Å². The van der Waals surface area contributed by atoms with Crippen LogP contribution in [0.1, 0.15) is 59.1 Å². The van der Waals surface area contributed by atoms with E-state index in [1.807, 2.05) is 6.20 Å². The molecule has 5 heteroatoms. The maximum atomic E-state index is 5.82. The fourth-order valence-electron chi connectivity index (χ4n) is 2.68. The summed E-state index contributed by atoms with van der Waals surface area (Å²) >= 11 is 0. The number of aliphatic imine (C=N–C) groups is 1. The molecule has 1 fully saturated rings. The second-order valence-electron chi connectivity index (χ2n) is 7.23. The Balaban J connectivity index is 2.05. The van der Waals surface area contributed by atoms with E-state index >= 15 is 0 Å². The SMILES string of the molecule is CCNC(=NCc1ncc(C(C)(C)C)o1)N1CCCC(C)C1. The molecular weight excluding hydrogens is 276 g/mol. The maximum Gasteiger partial charge on any atom is 0.216 e. The van der Waals surface area contributed by atoms with E-state index in [1.54, 1.807) is 0 Å². The van der Waals surface area contributed by atoms with E-state index in [0.29, 0.717) is 12.4 Å². The monoisotopic (exact) mass is 306 g/mol. The third kappa shape index (κ3) is 4.49. The third-order valence-corrected chi connectivity index (χ3v) is 3.95. The molecule has 1 aliphatic rings. The van der Waals surface area contributed by atoms with Crippen LogP contribution in [-0.4, -0.2) is 35.5 Å². The minimum Gasteiger partial charge on any atom is -0.443 e. The number of oxazole rings is 1. The lowest BCUT2D eigenvalue weighted by atomic mass is 9.94. The summed E-state index contributed by atoms with van der Waals surface area (Å²) in [5, 5.41) is 3.39. The number of hydrogen-bond acceptors (Lipinski definition) is 3. The molecule has 0 aromatic carbocycles. The smallest absolute Gasteiger partial charge is 0.216 e. The van der Waals surface area contributed by atoms with Crippen molar-refractivity contribution in [1.82, 2.24) is 15.2 Å². The summed E-state index contributed by atoms with van der Waals surface area (Å²) in [5.74, 6) is 3.30. The molecule has 0 saturated carbocycles. The van der Waals surface area contributed by atoms with Gasteiger partial charge in [-0.3, -0.25) is 0 Å². The van der Waals surface area contributed by atoms with E-state index in [0.717, 1.165) is 37.3 Å². The Morgan fingerprint density at radius 1 is 1.50 bits per heavy atom. The number of aromatic nitrogens is 1. The number of piperidine rings is 1. The first-order valence-electron chi connectivity index (χ1n) is 8.38. The molecule has 2 heterocycles. The van der Waals surface area contributed by atoms with Crippen molar-refractivity contribution in [2.24, 2.45) is 10.9 Å². The standard InChI is InChI=1S/C17H30N4O/c1-6-18-16(21-9-7-8-13(2)12-21)20-11-15-19-10-14(22-15)17(3,4)5/h10,13H,6-9,11-12H2,1-5H3,(H,18,20). The molecule has 0 amide bonds. The summed E-state index contributed by atoms with van der Waals surface area (Å²) in [6, 6.07) is 0. The van der Waals surface area contributed by atoms with Gasteiger partial charge in [-0.05, 0) is 25.7 Å². The number of nitrogens with zero attached hydrogens (tertiary/aromatic N) is 3. The molecule has 22 heavy (non-hydrogen) atoms. The van der Waals surface area contributed by atoms with Crippen molar-refractivity contribution in [3.8, 4) is 0 Å². The fraction of sp³-hybridized carbons (Fsp3) is 0.765. The van der Waals surface area contributed by atoms with Gasteiger partial charge < -0.3 is 14.6 Å². The van der Waals surface area contributed by atoms with Gasteiger partial charge in [0.1, 0.15) is 12.3 Å². The molecule has 124 valence electrons. The second kappa shape index (κ2) is 7.16. The number of guanidine groups is 1. The molecular formula is C17H30N4O. The Morgan fingerprint density at radius 3 is 2.86 bits per heavy atom. The first-order chi connectivity index (χ1) is 10.4. The van der Waals surface area contributed by atoms with Crippen LogP contribution in [0.15, 0.2) is 15.6 Å². The van der Waals surface area contributed by atoms with Crippen molar-refractivity contribution in [3.63, 3.8) is 0 Å². The van der Waals surface area contributed by atoms with Crippen LogP contribution in [0.5, 0.6) is 0 Å². The van der Waals surface area contributed by atoms with Crippen molar-refractivity contribution in [2.75, 3.05) is 19.6 Å². The number of likely N-dealkylation sites (tertiary alicyclic amines) is 1. The van der Waals surface area contributed by atoms with Crippen LogP contribution >= 0.6 is 0 Å². The first-order valence-corrected chi connectivity index (χ1v) is 8.38. The van der Waals surface area contributed by atoms with Gasteiger partial charge >= 0.3 is 0 Å². The van der Waals surface area contributed by atoms with E-state index in [9.17, 15) is 0 Å². The van der Waals surface area contributed by atoms with Gasteiger partial charge in [-0.1, -0.05) is 27.7 Å². The van der Waals surface area contributed by atoms with Gasteiger partial charge in [0.05, 0.1) is 6.20 Å². The molecule has 0 aliphatic carbocycles. The predicted molar refractivity (Wildman–Crippen MR) is 90.0 cm³/mol. The van der Waals surface area contributed by atoms with E-state index < -0.39 is 0 Å². The number of nitrogens with one attached hydrogen (secondary N) is 1. The second-order valence-corrected chi connectivity index (χ2v) is 7.23. The quantitative estimate of drug-likeness (QED) is 0.688. The van der Waals surface area contributed by atoms with Gasteiger partial charge in [-0.25, -0.2) is 9.98 Å². The third-order valence-electron chi connectivity index (χ3n) is 3.95. The van der Waals surface area contributed by atoms with E-state index in [-0.39, 0.29) is 5.41 Å². The zero-order valence-electron chi connectivity index (χ0n) is 14.6. The summed E-state index contributed by atoms with van der Waals surface area (Å²) < 4.78 is 5.82. The summed E-state index contributed by atoms with van der Waals surface area (Å²) in [4.78, 5) is 11.4. The highest BCUT2D eigenvalue weighted by Crippen LogP contribution is 2.23. The average Bonchev–Trinajstić information content (AvgIpc) is 2.92. The normalized spacial score (nSPS) is 20.3. The molecule has 0 radical (unpaired) electrons. The zero-order valence-corrected chi connectivity index (χ0v) is 14.6. The Bertz CT molecular complexity index is 501. The van der Waals surface area contributed by atoms with Crippen molar-refractivity contribution >= 4 is 5.96 Å². The largest absolute Gasteiger partial charge is 0.443 e. The van der Waals surface area contributed by atoms with Crippen molar-refractivity contribution in [1.29, 1.82) is 0 Å². The summed E-state index contributed by atoms with van der Waals surface area (Å²) in [6.07, 6.45) is 4.37.